The van der Waals surface area contributed by atoms with E-state index in [-0.39, 0.29) is 5.41 Å². The van der Waals surface area contributed by atoms with Crippen LogP contribution in [-0.4, -0.2) is 14.5 Å². The molecule has 0 aromatic carbocycles. The molecule has 0 spiro atoms. The van der Waals surface area contributed by atoms with Crippen molar-refractivity contribution in [2.45, 2.75) is 26.2 Å². The van der Waals surface area contributed by atoms with Crippen molar-refractivity contribution in [3.8, 4) is 0 Å². The molecule has 86 valence electrons. The number of halogens is 2. The first-order valence-electron chi connectivity index (χ1n) is 4.99. The summed E-state index contributed by atoms with van der Waals surface area (Å²) in [6.45, 7) is 6.38. The van der Waals surface area contributed by atoms with Crippen LogP contribution in [0.2, 0.25) is 5.15 Å². The summed E-state index contributed by atoms with van der Waals surface area (Å²) >= 11 is 9.70. The largest absolute Gasteiger partial charge is 0.318 e. The summed E-state index contributed by atoms with van der Waals surface area (Å²) in [5.74, 6) is 0. The van der Waals surface area contributed by atoms with Crippen LogP contribution >= 0.6 is 27.5 Å². The number of hydrogen-bond acceptors (Lipinski definition) is 2. The standard InChI is InChI=1S/C11H13BrClN3/c1-11(2,3)8-6-7(12)9(13)16(4)10(6)15-5-14-8/h5H,1-4H3. The lowest BCUT2D eigenvalue weighted by molar-refractivity contribution is 0.573. The summed E-state index contributed by atoms with van der Waals surface area (Å²) in [6, 6.07) is 0. The van der Waals surface area contributed by atoms with Crippen molar-refractivity contribution in [3.05, 3.63) is 21.6 Å². The van der Waals surface area contributed by atoms with Gasteiger partial charge in [-0.05, 0) is 15.9 Å². The maximum absolute atomic E-state index is 6.19. The van der Waals surface area contributed by atoms with Crippen molar-refractivity contribution in [1.29, 1.82) is 0 Å². The number of hydrogen-bond donors (Lipinski definition) is 0. The van der Waals surface area contributed by atoms with Gasteiger partial charge in [0.05, 0.1) is 15.6 Å². The normalized spacial score (nSPS) is 12.4. The third-order valence-corrected chi connectivity index (χ3v) is 3.99. The van der Waals surface area contributed by atoms with Gasteiger partial charge in [0.1, 0.15) is 17.1 Å². The van der Waals surface area contributed by atoms with E-state index in [9.17, 15) is 0 Å². The topological polar surface area (TPSA) is 30.7 Å². The SMILES string of the molecule is Cn1c(Cl)c(Br)c2c(C(C)(C)C)ncnc21. The number of aryl methyl sites for hydroxylation is 1. The molecule has 0 saturated heterocycles. The average molecular weight is 303 g/mol. The molecule has 2 heterocycles. The number of rotatable bonds is 0. The van der Waals surface area contributed by atoms with Crippen LogP contribution in [-0.2, 0) is 12.5 Å². The molecule has 0 aliphatic heterocycles. The molecule has 2 aromatic rings. The maximum atomic E-state index is 6.19. The van der Waals surface area contributed by atoms with E-state index < -0.39 is 0 Å². The van der Waals surface area contributed by atoms with Gasteiger partial charge in [-0.2, -0.15) is 0 Å². The van der Waals surface area contributed by atoms with Gasteiger partial charge < -0.3 is 4.57 Å². The average Bonchev–Trinajstić information content (AvgIpc) is 2.43. The number of aromatic nitrogens is 3. The van der Waals surface area contributed by atoms with Gasteiger partial charge in [0, 0.05) is 12.5 Å². The molecule has 0 aliphatic carbocycles. The van der Waals surface area contributed by atoms with Gasteiger partial charge in [0.25, 0.3) is 0 Å². The van der Waals surface area contributed by atoms with E-state index in [1.165, 1.54) is 0 Å². The van der Waals surface area contributed by atoms with Crippen LogP contribution in [0.4, 0.5) is 0 Å². The molecule has 0 atom stereocenters. The second-order valence-electron chi connectivity index (χ2n) is 4.83. The van der Waals surface area contributed by atoms with Crippen molar-refractivity contribution in [3.63, 3.8) is 0 Å². The summed E-state index contributed by atoms with van der Waals surface area (Å²) < 4.78 is 2.73. The van der Waals surface area contributed by atoms with Gasteiger partial charge in [0.15, 0.2) is 0 Å². The van der Waals surface area contributed by atoms with Gasteiger partial charge in [0.2, 0.25) is 0 Å². The molecule has 0 saturated carbocycles. The van der Waals surface area contributed by atoms with Crippen molar-refractivity contribution in [2.24, 2.45) is 7.05 Å². The van der Waals surface area contributed by atoms with Crippen molar-refractivity contribution in [2.75, 3.05) is 0 Å². The Kier molecular flexibility index (Phi) is 2.75. The second kappa shape index (κ2) is 3.70. The minimum Gasteiger partial charge on any atom is -0.318 e. The lowest BCUT2D eigenvalue weighted by Crippen LogP contribution is -2.14. The summed E-state index contributed by atoms with van der Waals surface area (Å²) in [7, 11) is 1.90. The third-order valence-electron chi connectivity index (χ3n) is 2.55. The molecule has 0 N–H and O–H groups in total. The van der Waals surface area contributed by atoms with Crippen LogP contribution < -0.4 is 0 Å². The highest BCUT2D eigenvalue weighted by atomic mass is 79.9. The van der Waals surface area contributed by atoms with Crippen molar-refractivity contribution in [1.82, 2.24) is 14.5 Å². The van der Waals surface area contributed by atoms with E-state index in [2.05, 4.69) is 46.7 Å². The summed E-state index contributed by atoms with van der Waals surface area (Å²) in [4.78, 5) is 8.65. The number of fused-ring (bicyclic) bond motifs is 1. The first-order valence-corrected chi connectivity index (χ1v) is 6.16. The molecular formula is C11H13BrClN3. The third kappa shape index (κ3) is 1.64. The van der Waals surface area contributed by atoms with Gasteiger partial charge in [-0.3, -0.25) is 0 Å². The minimum absolute atomic E-state index is 0.0333. The summed E-state index contributed by atoms with van der Waals surface area (Å²) in [5.41, 5.74) is 1.83. The Morgan fingerprint density at radius 3 is 2.50 bits per heavy atom. The zero-order chi connectivity index (χ0) is 12.1. The first-order chi connectivity index (χ1) is 7.34. The molecule has 0 radical (unpaired) electrons. The van der Waals surface area contributed by atoms with Gasteiger partial charge in [-0.1, -0.05) is 32.4 Å². The van der Waals surface area contributed by atoms with E-state index in [1.54, 1.807) is 6.33 Å². The monoisotopic (exact) mass is 301 g/mol. The van der Waals surface area contributed by atoms with Gasteiger partial charge in [-0.25, -0.2) is 9.97 Å². The molecule has 0 amide bonds. The molecule has 0 unspecified atom stereocenters. The molecule has 0 bridgehead atoms. The highest BCUT2D eigenvalue weighted by molar-refractivity contribution is 9.10. The van der Waals surface area contributed by atoms with Crippen LogP contribution in [0.5, 0.6) is 0 Å². The van der Waals surface area contributed by atoms with Crippen LogP contribution in [0.15, 0.2) is 10.8 Å². The predicted molar refractivity (Wildman–Crippen MR) is 69.9 cm³/mol. The summed E-state index contributed by atoms with van der Waals surface area (Å²) in [6.07, 6.45) is 1.59. The van der Waals surface area contributed by atoms with Crippen LogP contribution in [0.25, 0.3) is 11.0 Å². The Balaban J connectivity index is 2.93. The highest BCUT2D eigenvalue weighted by Crippen LogP contribution is 2.37. The van der Waals surface area contributed by atoms with E-state index in [0.29, 0.717) is 5.15 Å². The molecule has 0 fully saturated rings. The molecule has 2 aromatic heterocycles. The fourth-order valence-electron chi connectivity index (χ4n) is 1.74. The van der Waals surface area contributed by atoms with E-state index >= 15 is 0 Å². The zero-order valence-electron chi connectivity index (χ0n) is 9.67. The quantitative estimate of drug-likeness (QED) is 0.743. The zero-order valence-corrected chi connectivity index (χ0v) is 12.0. The Labute approximate surface area is 108 Å². The highest BCUT2D eigenvalue weighted by Gasteiger charge is 2.24. The molecule has 16 heavy (non-hydrogen) atoms. The van der Waals surface area contributed by atoms with Crippen LogP contribution in [0.1, 0.15) is 26.5 Å². The lowest BCUT2D eigenvalue weighted by Gasteiger charge is -2.18. The van der Waals surface area contributed by atoms with Gasteiger partial charge >= 0.3 is 0 Å². The Morgan fingerprint density at radius 1 is 1.31 bits per heavy atom. The molecule has 0 aliphatic rings. The molecule has 3 nitrogen and oxygen atoms in total. The predicted octanol–water partition coefficient (Wildman–Crippen LogP) is 3.68. The van der Waals surface area contributed by atoms with Crippen LogP contribution in [0, 0.1) is 0 Å². The van der Waals surface area contributed by atoms with E-state index in [0.717, 1.165) is 21.2 Å². The molecule has 2 rings (SSSR count). The lowest BCUT2D eigenvalue weighted by atomic mass is 9.90. The maximum Gasteiger partial charge on any atom is 0.145 e. The fourth-order valence-corrected chi connectivity index (χ4v) is 2.55. The smallest absolute Gasteiger partial charge is 0.145 e. The van der Waals surface area contributed by atoms with Crippen molar-refractivity contribution < 1.29 is 0 Å². The van der Waals surface area contributed by atoms with Gasteiger partial charge in [-0.15, -0.1) is 0 Å². The Hall–Kier alpha value is -0.610. The van der Waals surface area contributed by atoms with Crippen LogP contribution in [0.3, 0.4) is 0 Å². The molecule has 5 heteroatoms. The van der Waals surface area contributed by atoms with E-state index in [4.69, 9.17) is 11.6 Å². The van der Waals surface area contributed by atoms with Crippen molar-refractivity contribution >= 4 is 38.6 Å². The second-order valence-corrected chi connectivity index (χ2v) is 5.99. The summed E-state index contributed by atoms with van der Waals surface area (Å²) in [5, 5.41) is 1.66. The Bertz CT molecular complexity index is 554. The Morgan fingerprint density at radius 2 is 1.94 bits per heavy atom. The molecular weight excluding hydrogens is 289 g/mol. The minimum atomic E-state index is -0.0333. The number of nitrogens with zero attached hydrogens (tertiary/aromatic N) is 3. The first kappa shape index (κ1) is 11.9. The fraction of sp³-hybridized carbons (Fsp3) is 0.455. The van der Waals surface area contributed by atoms with E-state index in [1.807, 2.05) is 11.6 Å².